The van der Waals surface area contributed by atoms with Crippen molar-refractivity contribution in [1.82, 2.24) is 25.5 Å². The molecule has 1 N–H and O–H groups in total. The minimum absolute atomic E-state index is 0.119. The Bertz CT molecular complexity index is 713. The number of nitrogens with one attached hydrogen (secondary N) is 1. The van der Waals surface area contributed by atoms with Crippen LogP contribution >= 0.6 is 0 Å². The molecule has 9 nitrogen and oxygen atoms in total. The summed E-state index contributed by atoms with van der Waals surface area (Å²) >= 11 is 0. The Hall–Kier alpha value is -2.97. The molecule has 0 unspecified atom stereocenters. The largest absolute Gasteiger partial charge is 0.486 e. The van der Waals surface area contributed by atoms with Crippen molar-refractivity contribution in [2.75, 3.05) is 13.7 Å². The van der Waals surface area contributed by atoms with Crippen LogP contribution in [-0.2, 0) is 16.1 Å². The Morgan fingerprint density at radius 2 is 2.12 bits per heavy atom. The van der Waals surface area contributed by atoms with Crippen LogP contribution < -0.4 is 10.1 Å². The molecular weight excluding hydrogens is 314 g/mol. The van der Waals surface area contributed by atoms with Gasteiger partial charge in [-0.15, -0.1) is 5.10 Å². The number of benzene rings is 1. The highest BCUT2D eigenvalue weighted by atomic mass is 16.5. The minimum Gasteiger partial charge on any atom is -0.486 e. The molecule has 128 valence electrons. The molecule has 2 rings (SSSR count). The summed E-state index contributed by atoms with van der Waals surface area (Å²) in [6.07, 6.45) is 0. The van der Waals surface area contributed by atoms with Gasteiger partial charge in [-0.1, -0.05) is 6.07 Å². The molecule has 0 bridgehead atoms. The van der Waals surface area contributed by atoms with Crippen molar-refractivity contribution in [3.63, 3.8) is 0 Å². The van der Waals surface area contributed by atoms with Crippen molar-refractivity contribution < 1.29 is 19.1 Å². The van der Waals surface area contributed by atoms with Gasteiger partial charge in [0.1, 0.15) is 18.9 Å². The van der Waals surface area contributed by atoms with Crippen molar-refractivity contribution in [3.05, 3.63) is 35.7 Å². The normalized spacial score (nSPS) is 10.5. The van der Waals surface area contributed by atoms with Crippen LogP contribution in [-0.4, -0.2) is 45.7 Å². The van der Waals surface area contributed by atoms with Crippen LogP contribution in [0.15, 0.2) is 24.3 Å². The van der Waals surface area contributed by atoms with Crippen molar-refractivity contribution in [2.24, 2.45) is 0 Å². The maximum atomic E-state index is 12.0. The summed E-state index contributed by atoms with van der Waals surface area (Å²) in [5.74, 6) is 0.179. The third-order valence-corrected chi connectivity index (χ3v) is 3.14. The number of hydrogen-bond acceptors (Lipinski definition) is 7. The molecule has 0 radical (unpaired) electrons. The average molecular weight is 333 g/mol. The van der Waals surface area contributed by atoms with Crippen LogP contribution in [0.2, 0.25) is 0 Å². The molecular formula is C15H19N5O4. The van der Waals surface area contributed by atoms with E-state index in [9.17, 15) is 9.59 Å². The molecule has 0 aliphatic heterocycles. The lowest BCUT2D eigenvalue weighted by Crippen LogP contribution is -2.30. The fraction of sp³-hybridized carbons (Fsp3) is 0.400. The van der Waals surface area contributed by atoms with Crippen molar-refractivity contribution >= 4 is 11.9 Å². The van der Waals surface area contributed by atoms with Gasteiger partial charge in [0.15, 0.2) is 5.82 Å². The third kappa shape index (κ3) is 4.51. The number of aromatic nitrogens is 4. The van der Waals surface area contributed by atoms with Crippen molar-refractivity contribution in [1.29, 1.82) is 0 Å². The lowest BCUT2D eigenvalue weighted by atomic mass is 10.2. The number of rotatable bonds is 7. The first kappa shape index (κ1) is 17.4. The quantitative estimate of drug-likeness (QED) is 0.744. The second kappa shape index (κ2) is 8.04. The Balaban J connectivity index is 1.98. The summed E-state index contributed by atoms with van der Waals surface area (Å²) in [6.45, 7) is 3.92. The number of esters is 1. The number of tetrazole rings is 1. The van der Waals surface area contributed by atoms with E-state index in [0.29, 0.717) is 17.1 Å². The van der Waals surface area contributed by atoms with E-state index in [2.05, 4.69) is 25.6 Å². The number of hydrogen-bond donors (Lipinski definition) is 1. The topological polar surface area (TPSA) is 108 Å². The number of carbonyl (C=O) groups is 2. The van der Waals surface area contributed by atoms with Gasteiger partial charge in [0, 0.05) is 5.56 Å². The molecule has 1 heterocycles. The van der Waals surface area contributed by atoms with Gasteiger partial charge in [0.05, 0.1) is 13.2 Å². The molecule has 1 amide bonds. The highest BCUT2D eigenvalue weighted by Gasteiger charge is 2.12. The van der Waals surface area contributed by atoms with E-state index in [-0.39, 0.29) is 19.2 Å². The number of ether oxygens (including phenoxy) is 2. The minimum atomic E-state index is -0.517. The summed E-state index contributed by atoms with van der Waals surface area (Å²) < 4.78 is 11.8. The third-order valence-electron chi connectivity index (χ3n) is 3.14. The van der Waals surface area contributed by atoms with E-state index in [0.717, 1.165) is 0 Å². The first-order valence-electron chi connectivity index (χ1n) is 7.36. The van der Waals surface area contributed by atoms with E-state index in [1.807, 2.05) is 13.8 Å². The molecule has 0 atom stereocenters. The molecule has 24 heavy (non-hydrogen) atoms. The van der Waals surface area contributed by atoms with Crippen molar-refractivity contribution in [3.8, 4) is 5.75 Å². The summed E-state index contributed by atoms with van der Waals surface area (Å²) in [4.78, 5) is 23.0. The van der Waals surface area contributed by atoms with Crippen LogP contribution in [0, 0.1) is 0 Å². The molecule has 1 aromatic carbocycles. The fourth-order valence-corrected chi connectivity index (χ4v) is 1.91. The number of methoxy groups -OCH3 is 1. The van der Waals surface area contributed by atoms with E-state index in [1.54, 1.807) is 28.9 Å². The van der Waals surface area contributed by atoms with E-state index in [1.165, 1.54) is 7.11 Å². The van der Waals surface area contributed by atoms with E-state index >= 15 is 0 Å². The molecule has 9 heteroatoms. The summed E-state index contributed by atoms with van der Waals surface area (Å²) in [5, 5.41) is 13.9. The van der Waals surface area contributed by atoms with Gasteiger partial charge in [0.2, 0.25) is 0 Å². The first-order chi connectivity index (χ1) is 11.5. The molecule has 0 saturated carbocycles. The highest BCUT2D eigenvalue weighted by Crippen LogP contribution is 2.15. The Labute approximate surface area is 138 Å². The molecule has 2 aromatic rings. The summed E-state index contributed by atoms with van der Waals surface area (Å²) in [5.41, 5.74) is 0.375. The van der Waals surface area contributed by atoms with Crippen LogP contribution in [0.5, 0.6) is 5.75 Å². The second-order valence-corrected chi connectivity index (χ2v) is 5.21. The van der Waals surface area contributed by atoms with Crippen LogP contribution in [0.4, 0.5) is 0 Å². The molecule has 0 fully saturated rings. The molecule has 1 aromatic heterocycles. The predicted octanol–water partition coefficient (Wildman–Crippen LogP) is 0.736. The van der Waals surface area contributed by atoms with Gasteiger partial charge in [0.25, 0.3) is 5.91 Å². The van der Waals surface area contributed by atoms with E-state index in [4.69, 9.17) is 4.74 Å². The first-order valence-corrected chi connectivity index (χ1v) is 7.36. The van der Waals surface area contributed by atoms with Crippen molar-refractivity contribution in [2.45, 2.75) is 26.5 Å². The number of nitrogens with zero attached hydrogens (tertiary/aromatic N) is 4. The molecule has 0 aliphatic carbocycles. The Kier molecular flexibility index (Phi) is 5.83. The van der Waals surface area contributed by atoms with Gasteiger partial charge in [-0.05, 0) is 42.5 Å². The zero-order valence-corrected chi connectivity index (χ0v) is 13.7. The maximum absolute atomic E-state index is 12.0. The van der Waals surface area contributed by atoms with Crippen LogP contribution in [0.25, 0.3) is 0 Å². The Morgan fingerprint density at radius 1 is 1.33 bits per heavy atom. The number of amides is 1. The lowest BCUT2D eigenvalue weighted by molar-refractivity contribution is -0.139. The monoisotopic (exact) mass is 333 g/mol. The van der Waals surface area contributed by atoms with Gasteiger partial charge in [-0.2, -0.15) is 0 Å². The highest BCUT2D eigenvalue weighted by molar-refractivity contribution is 5.96. The summed E-state index contributed by atoms with van der Waals surface area (Å²) in [7, 11) is 1.26. The van der Waals surface area contributed by atoms with Gasteiger partial charge < -0.3 is 14.8 Å². The molecule has 0 aliphatic rings. The Morgan fingerprint density at radius 3 is 2.83 bits per heavy atom. The number of carbonyl (C=O) groups excluding carboxylic acids is 2. The second-order valence-electron chi connectivity index (χ2n) is 5.21. The zero-order chi connectivity index (χ0) is 17.5. The standard InChI is InChI=1S/C15H19N5O4/c1-10(2)20-13(17-18-19-20)9-24-12-6-4-5-11(7-12)15(22)16-8-14(21)23-3/h4-7,10H,8-9H2,1-3H3,(H,16,22). The summed E-state index contributed by atoms with van der Waals surface area (Å²) in [6, 6.07) is 6.73. The average Bonchev–Trinajstić information content (AvgIpc) is 3.06. The maximum Gasteiger partial charge on any atom is 0.325 e. The SMILES string of the molecule is COC(=O)CNC(=O)c1cccc(OCc2nnnn2C(C)C)c1. The molecule has 0 saturated heterocycles. The van der Waals surface area contributed by atoms with Gasteiger partial charge in [-0.25, -0.2) is 4.68 Å². The fourth-order valence-electron chi connectivity index (χ4n) is 1.91. The van der Waals surface area contributed by atoms with Crippen LogP contribution in [0.1, 0.15) is 36.1 Å². The van der Waals surface area contributed by atoms with Gasteiger partial charge >= 0.3 is 5.97 Å². The molecule has 0 spiro atoms. The van der Waals surface area contributed by atoms with Crippen LogP contribution in [0.3, 0.4) is 0 Å². The predicted molar refractivity (Wildman–Crippen MR) is 83.3 cm³/mol. The lowest BCUT2D eigenvalue weighted by Gasteiger charge is -2.10. The zero-order valence-electron chi connectivity index (χ0n) is 13.7. The smallest absolute Gasteiger partial charge is 0.325 e. The van der Waals surface area contributed by atoms with E-state index < -0.39 is 11.9 Å². The van der Waals surface area contributed by atoms with Gasteiger partial charge in [-0.3, -0.25) is 9.59 Å².